The monoisotopic (exact) mass is 398 g/mol. The first-order chi connectivity index (χ1) is 9.70. The normalized spacial score (nSPS) is 14.9. The Morgan fingerprint density at radius 1 is 1.10 bits per heavy atom. The van der Waals surface area contributed by atoms with Crippen LogP contribution in [0.3, 0.4) is 0 Å². The maximum atomic E-state index is 6.24. The highest BCUT2D eigenvalue weighted by Gasteiger charge is 2.18. The van der Waals surface area contributed by atoms with Crippen LogP contribution in [0.2, 0.25) is 5.02 Å². The highest BCUT2D eigenvalue weighted by atomic mass is 127. The highest BCUT2D eigenvalue weighted by molar-refractivity contribution is 14.1. The second-order valence-corrected chi connectivity index (χ2v) is 6.88. The Morgan fingerprint density at radius 2 is 1.85 bits per heavy atom. The van der Waals surface area contributed by atoms with E-state index in [0.717, 1.165) is 17.2 Å². The average molecular weight is 399 g/mol. The zero-order chi connectivity index (χ0) is 13.9. The Morgan fingerprint density at radius 3 is 2.50 bits per heavy atom. The summed E-state index contributed by atoms with van der Waals surface area (Å²) in [6, 6.07) is 14.5. The van der Waals surface area contributed by atoms with Gasteiger partial charge in [0.2, 0.25) is 0 Å². The summed E-state index contributed by atoms with van der Waals surface area (Å²) >= 11 is 8.56. The third kappa shape index (κ3) is 3.47. The molecule has 1 nitrogen and oxygen atoms in total. The Hall–Kier alpha value is -0.740. The van der Waals surface area contributed by atoms with Crippen LogP contribution >= 0.6 is 34.2 Å². The van der Waals surface area contributed by atoms with Crippen molar-refractivity contribution in [2.45, 2.75) is 31.8 Å². The Bertz CT molecular complexity index is 590. The number of rotatable bonds is 4. The molecule has 0 saturated heterocycles. The lowest BCUT2D eigenvalue weighted by Crippen LogP contribution is -2.24. The van der Waals surface area contributed by atoms with Gasteiger partial charge in [0.25, 0.3) is 0 Å². The summed E-state index contributed by atoms with van der Waals surface area (Å²) in [5.41, 5.74) is 2.43. The van der Waals surface area contributed by atoms with E-state index in [2.05, 4.69) is 52.9 Å². The van der Waals surface area contributed by atoms with Gasteiger partial charge in [-0.3, -0.25) is 0 Å². The summed E-state index contributed by atoms with van der Waals surface area (Å²) in [5, 5.41) is 0.834. The van der Waals surface area contributed by atoms with Crippen molar-refractivity contribution < 1.29 is 4.74 Å². The van der Waals surface area contributed by atoms with Crippen molar-refractivity contribution in [2.75, 3.05) is 0 Å². The molecule has 0 unspecified atom stereocenters. The van der Waals surface area contributed by atoms with E-state index in [9.17, 15) is 0 Å². The van der Waals surface area contributed by atoms with E-state index < -0.39 is 0 Å². The minimum absolute atomic E-state index is 0.436. The van der Waals surface area contributed by atoms with Gasteiger partial charge in [-0.2, -0.15) is 0 Å². The lowest BCUT2D eigenvalue weighted by atomic mass is 9.96. The smallest absolute Gasteiger partial charge is 0.119 e. The molecule has 2 aromatic rings. The molecular formula is C17H16ClIO. The van der Waals surface area contributed by atoms with Gasteiger partial charge < -0.3 is 4.74 Å². The molecule has 0 heterocycles. The molecule has 3 rings (SSSR count). The van der Waals surface area contributed by atoms with Crippen LogP contribution < -0.4 is 4.74 Å². The second kappa shape index (κ2) is 6.35. The van der Waals surface area contributed by atoms with Gasteiger partial charge in [0.05, 0.1) is 6.10 Å². The summed E-state index contributed by atoms with van der Waals surface area (Å²) < 4.78 is 7.09. The molecular weight excluding hydrogens is 383 g/mol. The summed E-state index contributed by atoms with van der Waals surface area (Å²) in [4.78, 5) is 0. The van der Waals surface area contributed by atoms with Gasteiger partial charge in [-0.25, -0.2) is 0 Å². The first-order valence-electron chi connectivity index (χ1n) is 6.90. The summed E-state index contributed by atoms with van der Waals surface area (Å²) in [5.74, 6) is 0.979. The fourth-order valence-electron chi connectivity index (χ4n) is 2.27. The quantitative estimate of drug-likeness (QED) is 0.621. The SMILES string of the molecule is Clc1ccc(I)cc1Cc1ccc(OC2CCC2)cc1. The van der Waals surface area contributed by atoms with Crippen LogP contribution in [-0.2, 0) is 6.42 Å². The summed E-state index contributed by atoms with van der Waals surface area (Å²) in [6.07, 6.45) is 4.98. The van der Waals surface area contributed by atoms with Gasteiger partial charge in [0, 0.05) is 8.59 Å². The lowest BCUT2D eigenvalue weighted by Gasteiger charge is -2.26. The number of ether oxygens (including phenoxy) is 1. The van der Waals surface area contributed by atoms with Crippen molar-refractivity contribution in [3.05, 3.63) is 62.2 Å². The molecule has 3 heteroatoms. The zero-order valence-corrected chi connectivity index (χ0v) is 14.0. The molecule has 2 aromatic carbocycles. The van der Waals surface area contributed by atoms with Gasteiger partial charge >= 0.3 is 0 Å². The van der Waals surface area contributed by atoms with Gasteiger partial charge in [0.1, 0.15) is 5.75 Å². The molecule has 0 aromatic heterocycles. The van der Waals surface area contributed by atoms with E-state index in [4.69, 9.17) is 16.3 Å². The molecule has 0 radical (unpaired) electrons. The average Bonchev–Trinajstić information content (AvgIpc) is 2.40. The molecule has 0 N–H and O–H groups in total. The van der Waals surface area contributed by atoms with Crippen LogP contribution in [0.4, 0.5) is 0 Å². The first kappa shape index (κ1) is 14.2. The standard InChI is InChI=1S/C17H16ClIO/c18-17-9-6-14(19)11-13(17)10-12-4-7-16(8-5-12)20-15-2-1-3-15/h4-9,11,15H,1-3,10H2. The van der Waals surface area contributed by atoms with Crippen LogP contribution in [0.25, 0.3) is 0 Å². The second-order valence-electron chi connectivity index (χ2n) is 5.23. The molecule has 1 fully saturated rings. The van der Waals surface area contributed by atoms with Crippen molar-refractivity contribution in [3.63, 3.8) is 0 Å². The molecule has 1 saturated carbocycles. The molecule has 104 valence electrons. The summed E-state index contributed by atoms with van der Waals surface area (Å²) in [7, 11) is 0. The van der Waals surface area contributed by atoms with E-state index in [1.54, 1.807) is 0 Å². The molecule has 0 bridgehead atoms. The Kier molecular flexibility index (Phi) is 4.51. The number of benzene rings is 2. The lowest BCUT2D eigenvalue weighted by molar-refractivity contribution is 0.120. The molecule has 0 aliphatic heterocycles. The molecule has 0 spiro atoms. The van der Waals surface area contributed by atoms with Crippen LogP contribution in [0, 0.1) is 3.57 Å². The van der Waals surface area contributed by atoms with E-state index in [1.165, 1.54) is 34.0 Å². The van der Waals surface area contributed by atoms with Crippen LogP contribution in [0.1, 0.15) is 30.4 Å². The van der Waals surface area contributed by atoms with Gasteiger partial charge in [-0.05, 0) is 89.7 Å². The predicted molar refractivity (Wildman–Crippen MR) is 91.7 cm³/mol. The Balaban J connectivity index is 1.69. The van der Waals surface area contributed by atoms with Crippen molar-refractivity contribution >= 4 is 34.2 Å². The highest BCUT2D eigenvalue weighted by Crippen LogP contribution is 2.26. The summed E-state index contributed by atoms with van der Waals surface area (Å²) in [6.45, 7) is 0. The van der Waals surface area contributed by atoms with E-state index in [1.807, 2.05) is 12.1 Å². The fourth-order valence-corrected chi connectivity index (χ4v) is 3.01. The molecule has 20 heavy (non-hydrogen) atoms. The third-order valence-corrected chi connectivity index (χ3v) is 4.72. The van der Waals surface area contributed by atoms with Crippen molar-refractivity contribution in [3.8, 4) is 5.75 Å². The van der Waals surface area contributed by atoms with E-state index in [-0.39, 0.29) is 0 Å². The fraction of sp³-hybridized carbons (Fsp3) is 0.294. The minimum Gasteiger partial charge on any atom is -0.490 e. The van der Waals surface area contributed by atoms with Gasteiger partial charge in [0.15, 0.2) is 0 Å². The van der Waals surface area contributed by atoms with Crippen LogP contribution in [-0.4, -0.2) is 6.10 Å². The van der Waals surface area contributed by atoms with E-state index in [0.29, 0.717) is 6.10 Å². The molecule has 1 aliphatic rings. The third-order valence-electron chi connectivity index (χ3n) is 3.68. The maximum absolute atomic E-state index is 6.24. The number of hydrogen-bond acceptors (Lipinski definition) is 1. The number of halogens is 2. The van der Waals surface area contributed by atoms with Gasteiger partial charge in [-0.15, -0.1) is 0 Å². The molecule has 0 amide bonds. The molecule has 0 atom stereocenters. The number of hydrogen-bond donors (Lipinski definition) is 0. The minimum atomic E-state index is 0.436. The maximum Gasteiger partial charge on any atom is 0.119 e. The zero-order valence-electron chi connectivity index (χ0n) is 11.1. The van der Waals surface area contributed by atoms with Crippen molar-refractivity contribution in [2.24, 2.45) is 0 Å². The van der Waals surface area contributed by atoms with Gasteiger partial charge in [-0.1, -0.05) is 23.7 Å². The first-order valence-corrected chi connectivity index (χ1v) is 8.36. The van der Waals surface area contributed by atoms with Crippen molar-refractivity contribution in [1.82, 2.24) is 0 Å². The van der Waals surface area contributed by atoms with Crippen LogP contribution in [0.5, 0.6) is 5.75 Å². The molecule has 1 aliphatic carbocycles. The topological polar surface area (TPSA) is 9.23 Å². The predicted octanol–water partition coefficient (Wildman–Crippen LogP) is 5.47. The van der Waals surface area contributed by atoms with Crippen molar-refractivity contribution in [1.29, 1.82) is 0 Å². The van der Waals surface area contributed by atoms with E-state index >= 15 is 0 Å². The Labute approximate surface area is 138 Å². The van der Waals surface area contributed by atoms with Crippen LogP contribution in [0.15, 0.2) is 42.5 Å². The largest absolute Gasteiger partial charge is 0.490 e.